The first-order valence-electron chi connectivity index (χ1n) is 7.05. The molecule has 8 heteroatoms. The molecule has 4 rings (SSSR count). The summed E-state index contributed by atoms with van der Waals surface area (Å²) in [6.45, 7) is 0. The molecule has 0 radical (unpaired) electrons. The van der Waals surface area contributed by atoms with E-state index >= 15 is 0 Å². The number of fused-ring (bicyclic) bond motifs is 1. The van der Waals surface area contributed by atoms with E-state index in [0.717, 1.165) is 31.5 Å². The molecule has 4 aromatic rings. The van der Waals surface area contributed by atoms with E-state index in [2.05, 4.69) is 43.1 Å². The van der Waals surface area contributed by atoms with Crippen LogP contribution in [0.25, 0.3) is 22.5 Å². The number of hydrogen-bond donors (Lipinski definition) is 1. The lowest BCUT2D eigenvalue weighted by atomic mass is 10.1. The Kier molecular flexibility index (Phi) is 3.89. The summed E-state index contributed by atoms with van der Waals surface area (Å²) in [7, 11) is 1.95. The number of imidazole rings is 1. The normalized spacial score (nSPS) is 11.1. The maximum Gasteiger partial charge on any atom is 0.249 e. The standard InChI is InChI=1S/C16H11ClIN5O/c1-23-7-19-14-5-10(16-22-20-8-24-16)13(6-15(14)23)21-12-3-2-9(18)4-11(12)17/h2-8,21H,1H3. The molecule has 0 unspecified atom stereocenters. The zero-order valence-electron chi connectivity index (χ0n) is 12.5. The zero-order valence-corrected chi connectivity index (χ0v) is 15.4. The van der Waals surface area contributed by atoms with Crippen molar-refractivity contribution in [2.75, 3.05) is 5.32 Å². The first kappa shape index (κ1) is 15.4. The Labute approximate surface area is 156 Å². The summed E-state index contributed by atoms with van der Waals surface area (Å²) in [6, 6.07) is 9.75. The highest BCUT2D eigenvalue weighted by Gasteiger charge is 2.15. The summed E-state index contributed by atoms with van der Waals surface area (Å²) in [4.78, 5) is 4.38. The number of halogens is 2. The van der Waals surface area contributed by atoms with Gasteiger partial charge in [-0.05, 0) is 52.9 Å². The quantitative estimate of drug-likeness (QED) is 0.460. The molecule has 1 N–H and O–H groups in total. The second-order valence-corrected chi connectivity index (χ2v) is 6.89. The fraction of sp³-hybridized carbons (Fsp3) is 0.0625. The molecule has 0 amide bonds. The van der Waals surface area contributed by atoms with Crippen molar-refractivity contribution in [2.45, 2.75) is 0 Å². The molecule has 0 aliphatic carbocycles. The van der Waals surface area contributed by atoms with Crippen LogP contribution in [0, 0.1) is 3.57 Å². The van der Waals surface area contributed by atoms with Crippen molar-refractivity contribution in [2.24, 2.45) is 7.05 Å². The topological polar surface area (TPSA) is 68.8 Å². The average Bonchev–Trinajstić information content (AvgIpc) is 3.20. The molecule has 0 saturated carbocycles. The second kappa shape index (κ2) is 6.06. The van der Waals surface area contributed by atoms with E-state index < -0.39 is 0 Å². The number of benzene rings is 2. The summed E-state index contributed by atoms with van der Waals surface area (Å²) in [5, 5.41) is 11.8. The Morgan fingerprint density at radius 2 is 2.08 bits per heavy atom. The fourth-order valence-corrected chi connectivity index (χ4v) is 3.38. The molecule has 2 heterocycles. The molecule has 2 aromatic carbocycles. The predicted molar refractivity (Wildman–Crippen MR) is 101 cm³/mol. The van der Waals surface area contributed by atoms with Gasteiger partial charge < -0.3 is 14.3 Å². The van der Waals surface area contributed by atoms with Gasteiger partial charge in [-0.25, -0.2) is 4.98 Å². The Bertz CT molecular complexity index is 1030. The Hall–Kier alpha value is -2.13. The number of aryl methyl sites for hydroxylation is 1. The van der Waals surface area contributed by atoms with Crippen LogP contribution in [0.3, 0.4) is 0 Å². The molecule has 24 heavy (non-hydrogen) atoms. The van der Waals surface area contributed by atoms with E-state index in [9.17, 15) is 0 Å². The minimum atomic E-state index is 0.423. The lowest BCUT2D eigenvalue weighted by Gasteiger charge is -2.12. The van der Waals surface area contributed by atoms with Crippen LogP contribution in [-0.4, -0.2) is 19.7 Å². The van der Waals surface area contributed by atoms with E-state index in [4.69, 9.17) is 16.0 Å². The van der Waals surface area contributed by atoms with Crippen LogP contribution in [0.1, 0.15) is 0 Å². The van der Waals surface area contributed by atoms with Gasteiger partial charge in [-0.15, -0.1) is 10.2 Å². The molecular formula is C16H11ClIN5O. The summed E-state index contributed by atoms with van der Waals surface area (Å²) < 4.78 is 8.40. The molecule has 0 bridgehead atoms. The van der Waals surface area contributed by atoms with Crippen molar-refractivity contribution in [3.63, 3.8) is 0 Å². The van der Waals surface area contributed by atoms with Crippen molar-refractivity contribution in [3.8, 4) is 11.5 Å². The van der Waals surface area contributed by atoms with Gasteiger partial charge in [0, 0.05) is 10.6 Å². The molecule has 0 atom stereocenters. The maximum absolute atomic E-state index is 6.35. The zero-order chi connectivity index (χ0) is 16.7. The minimum Gasteiger partial charge on any atom is -0.423 e. The van der Waals surface area contributed by atoms with Gasteiger partial charge in [0.2, 0.25) is 12.3 Å². The lowest BCUT2D eigenvalue weighted by molar-refractivity contribution is 0.569. The van der Waals surface area contributed by atoms with Gasteiger partial charge in [0.15, 0.2) is 0 Å². The SMILES string of the molecule is Cn1cnc2cc(-c3nnco3)c(Nc3ccc(I)cc3Cl)cc21. The van der Waals surface area contributed by atoms with Crippen LogP contribution >= 0.6 is 34.2 Å². The van der Waals surface area contributed by atoms with E-state index in [1.165, 1.54) is 6.39 Å². The monoisotopic (exact) mass is 451 g/mol. The summed E-state index contributed by atoms with van der Waals surface area (Å²) >= 11 is 8.58. The molecule has 0 aliphatic heterocycles. The highest BCUT2D eigenvalue weighted by Crippen LogP contribution is 2.35. The van der Waals surface area contributed by atoms with Gasteiger partial charge in [0.1, 0.15) is 0 Å². The molecule has 6 nitrogen and oxygen atoms in total. The number of rotatable bonds is 3. The van der Waals surface area contributed by atoms with Crippen LogP contribution in [-0.2, 0) is 7.05 Å². The van der Waals surface area contributed by atoms with E-state index in [0.29, 0.717) is 10.9 Å². The van der Waals surface area contributed by atoms with E-state index in [1.54, 1.807) is 6.33 Å². The lowest BCUT2D eigenvalue weighted by Crippen LogP contribution is -1.96. The molecule has 0 spiro atoms. The number of nitrogens with one attached hydrogen (secondary N) is 1. The third-order valence-electron chi connectivity index (χ3n) is 3.66. The smallest absolute Gasteiger partial charge is 0.249 e. The predicted octanol–water partition coefficient (Wildman–Crippen LogP) is 4.62. The van der Waals surface area contributed by atoms with Gasteiger partial charge in [0.25, 0.3) is 0 Å². The largest absolute Gasteiger partial charge is 0.423 e. The Morgan fingerprint density at radius 3 is 2.83 bits per heavy atom. The molecular weight excluding hydrogens is 441 g/mol. The van der Waals surface area contributed by atoms with Crippen LogP contribution in [0.2, 0.25) is 5.02 Å². The van der Waals surface area contributed by atoms with Crippen molar-refractivity contribution in [1.29, 1.82) is 0 Å². The fourth-order valence-electron chi connectivity index (χ4n) is 2.48. The third-order valence-corrected chi connectivity index (χ3v) is 4.64. The van der Waals surface area contributed by atoms with Crippen LogP contribution in [0.5, 0.6) is 0 Å². The summed E-state index contributed by atoms with van der Waals surface area (Å²) in [6.07, 6.45) is 3.07. The average molecular weight is 452 g/mol. The summed E-state index contributed by atoms with van der Waals surface area (Å²) in [5.74, 6) is 0.423. The molecule has 2 aromatic heterocycles. The van der Waals surface area contributed by atoms with Gasteiger partial charge in [-0.1, -0.05) is 11.6 Å². The van der Waals surface area contributed by atoms with Crippen LogP contribution < -0.4 is 5.32 Å². The first-order chi connectivity index (χ1) is 11.6. The van der Waals surface area contributed by atoms with Gasteiger partial charge in [-0.2, -0.15) is 0 Å². The number of aromatic nitrogens is 4. The van der Waals surface area contributed by atoms with Gasteiger partial charge >= 0.3 is 0 Å². The van der Waals surface area contributed by atoms with Crippen LogP contribution in [0.15, 0.2) is 47.5 Å². The highest BCUT2D eigenvalue weighted by molar-refractivity contribution is 14.1. The minimum absolute atomic E-state index is 0.423. The van der Waals surface area contributed by atoms with Crippen molar-refractivity contribution in [1.82, 2.24) is 19.7 Å². The number of anilines is 2. The van der Waals surface area contributed by atoms with Crippen molar-refractivity contribution in [3.05, 3.63) is 51.6 Å². The van der Waals surface area contributed by atoms with Gasteiger partial charge in [-0.3, -0.25) is 0 Å². The molecule has 0 saturated heterocycles. The highest BCUT2D eigenvalue weighted by atomic mass is 127. The van der Waals surface area contributed by atoms with Crippen LogP contribution in [0.4, 0.5) is 11.4 Å². The van der Waals surface area contributed by atoms with E-state index in [1.807, 2.05) is 41.9 Å². The summed E-state index contributed by atoms with van der Waals surface area (Å²) in [5.41, 5.74) is 4.23. The molecule has 0 aliphatic rings. The van der Waals surface area contributed by atoms with Crippen molar-refractivity contribution >= 4 is 56.6 Å². The van der Waals surface area contributed by atoms with Gasteiger partial charge in [0.05, 0.1) is 39.3 Å². The maximum atomic E-state index is 6.35. The van der Waals surface area contributed by atoms with Crippen molar-refractivity contribution < 1.29 is 4.42 Å². The molecule has 120 valence electrons. The van der Waals surface area contributed by atoms with E-state index in [-0.39, 0.29) is 0 Å². The second-order valence-electron chi connectivity index (χ2n) is 5.24. The third kappa shape index (κ3) is 2.73. The first-order valence-corrected chi connectivity index (χ1v) is 8.51. The number of nitrogens with zero attached hydrogens (tertiary/aromatic N) is 4. The Morgan fingerprint density at radius 1 is 1.21 bits per heavy atom. The number of hydrogen-bond acceptors (Lipinski definition) is 5. The molecule has 0 fully saturated rings. The Balaban J connectivity index is 1.88.